The topological polar surface area (TPSA) is 78.9 Å². The predicted molar refractivity (Wildman–Crippen MR) is 75.6 cm³/mol. The third-order valence-electron chi connectivity index (χ3n) is 2.52. The molecular formula is C13H15ClO6S. The van der Waals surface area contributed by atoms with Gasteiger partial charge >= 0.3 is 5.97 Å². The summed E-state index contributed by atoms with van der Waals surface area (Å²) in [6.07, 6.45) is 0. The van der Waals surface area contributed by atoms with E-state index in [1.54, 1.807) is 20.8 Å². The Morgan fingerprint density at radius 1 is 1.24 bits per heavy atom. The van der Waals surface area contributed by atoms with E-state index in [-0.39, 0.29) is 35.2 Å². The number of benzene rings is 1. The highest BCUT2D eigenvalue weighted by Crippen LogP contribution is 2.38. The fourth-order valence-electron chi connectivity index (χ4n) is 1.75. The summed E-state index contributed by atoms with van der Waals surface area (Å²) in [6.45, 7) is 5.63. The van der Waals surface area contributed by atoms with Crippen LogP contribution in [-0.4, -0.2) is 33.2 Å². The standard InChI is InChI=1S/C13H15ClO6S/c1-13(2,3)20-12(15)9-6-8(21(14,16)17)7-10-11(9)19-5-4-18-10/h6-7H,4-5H2,1-3H3. The maximum Gasteiger partial charge on any atom is 0.342 e. The molecule has 2 rings (SSSR count). The minimum atomic E-state index is -4.01. The number of ether oxygens (including phenoxy) is 3. The Kier molecular flexibility index (Phi) is 4.08. The highest BCUT2D eigenvalue weighted by Gasteiger charge is 2.28. The van der Waals surface area contributed by atoms with Crippen LogP contribution in [0.1, 0.15) is 31.1 Å². The Morgan fingerprint density at radius 3 is 2.43 bits per heavy atom. The normalized spacial score (nSPS) is 14.7. The van der Waals surface area contributed by atoms with E-state index in [9.17, 15) is 13.2 Å². The van der Waals surface area contributed by atoms with Gasteiger partial charge in [0, 0.05) is 16.7 Å². The molecule has 0 bridgehead atoms. The summed E-state index contributed by atoms with van der Waals surface area (Å²) in [5.74, 6) is -0.380. The van der Waals surface area contributed by atoms with Crippen molar-refractivity contribution in [2.45, 2.75) is 31.3 Å². The number of hydrogen-bond donors (Lipinski definition) is 0. The van der Waals surface area contributed by atoms with Crippen molar-refractivity contribution < 1.29 is 27.4 Å². The van der Waals surface area contributed by atoms with Gasteiger partial charge < -0.3 is 14.2 Å². The van der Waals surface area contributed by atoms with E-state index in [4.69, 9.17) is 24.9 Å². The van der Waals surface area contributed by atoms with Crippen LogP contribution in [0, 0.1) is 0 Å². The predicted octanol–water partition coefficient (Wildman–Crippen LogP) is 2.34. The second kappa shape index (κ2) is 5.38. The van der Waals surface area contributed by atoms with Gasteiger partial charge in [-0.3, -0.25) is 0 Å². The molecular weight excluding hydrogens is 320 g/mol. The summed E-state index contributed by atoms with van der Waals surface area (Å²) in [5.41, 5.74) is -0.753. The molecule has 0 amide bonds. The van der Waals surface area contributed by atoms with Crippen molar-refractivity contribution in [2.75, 3.05) is 13.2 Å². The Hall–Kier alpha value is -1.47. The van der Waals surface area contributed by atoms with Gasteiger partial charge in [0.2, 0.25) is 0 Å². The van der Waals surface area contributed by atoms with Gasteiger partial charge in [-0.1, -0.05) is 0 Å². The first-order valence-electron chi connectivity index (χ1n) is 6.19. The van der Waals surface area contributed by atoms with Crippen LogP contribution in [0.3, 0.4) is 0 Å². The third kappa shape index (κ3) is 3.79. The van der Waals surface area contributed by atoms with Crippen molar-refractivity contribution in [1.29, 1.82) is 0 Å². The Balaban J connectivity index is 2.55. The molecule has 0 radical (unpaired) electrons. The maximum absolute atomic E-state index is 12.2. The van der Waals surface area contributed by atoms with Crippen LogP contribution in [0.4, 0.5) is 0 Å². The fourth-order valence-corrected chi connectivity index (χ4v) is 2.53. The van der Waals surface area contributed by atoms with E-state index in [2.05, 4.69) is 0 Å². The van der Waals surface area contributed by atoms with Gasteiger partial charge in [0.1, 0.15) is 24.4 Å². The summed E-state index contributed by atoms with van der Waals surface area (Å²) in [5, 5.41) is 0. The van der Waals surface area contributed by atoms with Gasteiger partial charge in [0.15, 0.2) is 11.5 Å². The largest absolute Gasteiger partial charge is 0.486 e. The van der Waals surface area contributed by atoms with Crippen LogP contribution in [0.15, 0.2) is 17.0 Å². The molecule has 6 nitrogen and oxygen atoms in total. The number of rotatable bonds is 2. The molecule has 0 aromatic heterocycles. The van der Waals surface area contributed by atoms with E-state index in [1.807, 2.05) is 0 Å². The molecule has 1 aliphatic rings. The van der Waals surface area contributed by atoms with Crippen molar-refractivity contribution in [2.24, 2.45) is 0 Å². The molecule has 0 saturated heterocycles. The number of hydrogen-bond acceptors (Lipinski definition) is 6. The van der Waals surface area contributed by atoms with Crippen LogP contribution >= 0.6 is 10.7 Å². The Bertz CT molecular complexity index is 675. The summed E-state index contributed by atoms with van der Waals surface area (Å²) >= 11 is 0. The van der Waals surface area contributed by atoms with E-state index in [0.717, 1.165) is 6.07 Å². The zero-order valence-electron chi connectivity index (χ0n) is 11.8. The highest BCUT2D eigenvalue weighted by molar-refractivity contribution is 8.13. The van der Waals surface area contributed by atoms with Crippen molar-refractivity contribution >= 4 is 25.7 Å². The zero-order chi connectivity index (χ0) is 15.8. The quantitative estimate of drug-likeness (QED) is 0.610. The van der Waals surface area contributed by atoms with Crippen LogP contribution < -0.4 is 9.47 Å². The van der Waals surface area contributed by atoms with Crippen LogP contribution in [0.5, 0.6) is 11.5 Å². The molecule has 21 heavy (non-hydrogen) atoms. The van der Waals surface area contributed by atoms with Gasteiger partial charge in [0.05, 0.1) is 4.90 Å². The molecule has 0 aliphatic carbocycles. The number of carbonyl (C=O) groups excluding carboxylic acids is 1. The average Bonchev–Trinajstić information content (AvgIpc) is 2.34. The summed E-state index contributed by atoms with van der Waals surface area (Å²) in [4.78, 5) is 12.0. The van der Waals surface area contributed by atoms with Gasteiger partial charge in [-0.2, -0.15) is 0 Å². The van der Waals surface area contributed by atoms with Gasteiger partial charge in [-0.05, 0) is 26.8 Å². The number of carbonyl (C=O) groups is 1. The first-order valence-corrected chi connectivity index (χ1v) is 8.50. The van der Waals surface area contributed by atoms with Crippen LogP contribution in [0.25, 0.3) is 0 Å². The van der Waals surface area contributed by atoms with Gasteiger partial charge in [-0.25, -0.2) is 13.2 Å². The first-order chi connectivity index (χ1) is 9.58. The van der Waals surface area contributed by atoms with Crippen molar-refractivity contribution in [1.82, 2.24) is 0 Å². The third-order valence-corrected chi connectivity index (χ3v) is 3.85. The lowest BCUT2D eigenvalue weighted by Crippen LogP contribution is -2.25. The first kappa shape index (κ1) is 15.9. The molecule has 116 valence electrons. The molecule has 1 aromatic carbocycles. The fraction of sp³-hybridized carbons (Fsp3) is 0.462. The van der Waals surface area contributed by atoms with Gasteiger partial charge in [-0.15, -0.1) is 0 Å². The molecule has 0 saturated carbocycles. The monoisotopic (exact) mass is 334 g/mol. The molecule has 8 heteroatoms. The lowest BCUT2D eigenvalue weighted by atomic mass is 10.1. The molecule has 1 aliphatic heterocycles. The minimum absolute atomic E-state index is 0.0265. The van der Waals surface area contributed by atoms with Crippen LogP contribution in [0.2, 0.25) is 0 Å². The Labute approximate surface area is 127 Å². The van der Waals surface area contributed by atoms with Crippen molar-refractivity contribution in [3.8, 4) is 11.5 Å². The molecule has 0 atom stereocenters. The highest BCUT2D eigenvalue weighted by atomic mass is 35.7. The van der Waals surface area contributed by atoms with Gasteiger partial charge in [0.25, 0.3) is 9.05 Å². The van der Waals surface area contributed by atoms with Crippen LogP contribution in [-0.2, 0) is 13.8 Å². The number of halogens is 1. The Morgan fingerprint density at radius 2 is 1.86 bits per heavy atom. The van der Waals surface area contributed by atoms with E-state index >= 15 is 0 Å². The average molecular weight is 335 g/mol. The van der Waals surface area contributed by atoms with Crippen molar-refractivity contribution in [3.05, 3.63) is 17.7 Å². The number of fused-ring (bicyclic) bond motifs is 1. The van der Waals surface area contributed by atoms with E-state index < -0.39 is 20.6 Å². The second-order valence-electron chi connectivity index (χ2n) is 5.43. The molecule has 0 fully saturated rings. The number of esters is 1. The lowest BCUT2D eigenvalue weighted by molar-refractivity contribution is 0.00623. The second-order valence-corrected chi connectivity index (χ2v) is 8.00. The summed E-state index contributed by atoms with van der Waals surface area (Å²) < 4.78 is 39.0. The minimum Gasteiger partial charge on any atom is -0.486 e. The summed E-state index contributed by atoms with van der Waals surface area (Å²) in [7, 11) is 1.33. The molecule has 0 N–H and O–H groups in total. The van der Waals surface area contributed by atoms with Crippen molar-refractivity contribution in [3.63, 3.8) is 0 Å². The summed E-state index contributed by atoms with van der Waals surface area (Å²) in [6, 6.07) is 2.36. The SMILES string of the molecule is CC(C)(C)OC(=O)c1cc(S(=O)(=O)Cl)cc2c1OCCO2. The van der Waals surface area contributed by atoms with E-state index in [0.29, 0.717) is 0 Å². The molecule has 1 heterocycles. The molecule has 0 unspecified atom stereocenters. The molecule has 1 aromatic rings. The smallest absolute Gasteiger partial charge is 0.342 e. The van der Waals surface area contributed by atoms with E-state index in [1.165, 1.54) is 6.07 Å². The zero-order valence-corrected chi connectivity index (χ0v) is 13.4. The molecule has 0 spiro atoms. The maximum atomic E-state index is 12.2. The lowest BCUT2D eigenvalue weighted by Gasteiger charge is -2.24.